The zero-order valence-electron chi connectivity index (χ0n) is 11.8. The Morgan fingerprint density at radius 2 is 2.09 bits per heavy atom. The number of aryl methyl sites for hydroxylation is 1. The van der Waals surface area contributed by atoms with Gasteiger partial charge in [-0.2, -0.15) is 5.10 Å². The van der Waals surface area contributed by atoms with E-state index in [0.717, 1.165) is 43.5 Å². The molecule has 3 saturated carbocycles. The van der Waals surface area contributed by atoms with Crippen LogP contribution in [0.3, 0.4) is 0 Å². The summed E-state index contributed by atoms with van der Waals surface area (Å²) in [5, 5.41) is 4.55. The Bertz CT molecular complexity index is 838. The van der Waals surface area contributed by atoms with Gasteiger partial charge in [-0.05, 0) is 37.3 Å². The molecule has 2 aromatic heterocycles. The van der Waals surface area contributed by atoms with E-state index in [1.807, 2.05) is 0 Å². The summed E-state index contributed by atoms with van der Waals surface area (Å²) in [5.41, 5.74) is 0.466. The molecule has 1 aliphatic heterocycles. The van der Waals surface area contributed by atoms with Crippen molar-refractivity contribution in [1.29, 1.82) is 0 Å². The minimum Gasteiger partial charge on any atom is -0.271 e. The van der Waals surface area contributed by atoms with Gasteiger partial charge >= 0.3 is 5.69 Å². The molecule has 0 N–H and O–H groups in total. The number of nitrogens with zero attached hydrogens (tertiary/aromatic N) is 4. The zero-order valence-corrected chi connectivity index (χ0v) is 12.6. The van der Waals surface area contributed by atoms with E-state index in [9.17, 15) is 9.18 Å². The van der Waals surface area contributed by atoms with E-state index in [1.165, 1.54) is 12.3 Å². The van der Waals surface area contributed by atoms with Crippen LogP contribution in [0.1, 0.15) is 43.1 Å². The monoisotopic (exact) mass is 320 g/mol. The normalized spacial score (nSPS) is 34.9. The number of halogens is 2. The van der Waals surface area contributed by atoms with Gasteiger partial charge in [-0.1, -0.05) is 0 Å². The van der Waals surface area contributed by atoms with Crippen molar-refractivity contribution in [2.24, 2.45) is 0 Å². The lowest BCUT2D eigenvalue weighted by molar-refractivity contribution is -0.0769. The van der Waals surface area contributed by atoms with E-state index >= 15 is 0 Å². The number of alkyl halides is 1. The SMILES string of the molecule is O=c1n(C23CC(Cl)(C2)C3)nc2n1[C@H](c1cncc(F)c1)CC2. The molecule has 0 amide bonds. The smallest absolute Gasteiger partial charge is 0.271 e. The van der Waals surface area contributed by atoms with Crippen molar-refractivity contribution in [3.05, 3.63) is 46.1 Å². The second kappa shape index (κ2) is 3.79. The van der Waals surface area contributed by atoms with Crippen molar-refractivity contribution >= 4 is 11.6 Å². The van der Waals surface area contributed by atoms with Crippen molar-refractivity contribution < 1.29 is 4.39 Å². The molecule has 3 aliphatic carbocycles. The lowest BCUT2D eigenvalue weighted by Gasteiger charge is -2.66. The van der Waals surface area contributed by atoms with E-state index in [0.29, 0.717) is 0 Å². The van der Waals surface area contributed by atoms with Crippen molar-refractivity contribution in [2.75, 3.05) is 0 Å². The topological polar surface area (TPSA) is 52.7 Å². The Hall–Kier alpha value is -1.69. The van der Waals surface area contributed by atoms with Crippen LogP contribution in [-0.2, 0) is 12.0 Å². The second-order valence-corrected chi connectivity index (χ2v) is 7.68. The van der Waals surface area contributed by atoms with Crippen LogP contribution >= 0.6 is 11.6 Å². The predicted molar refractivity (Wildman–Crippen MR) is 77.6 cm³/mol. The summed E-state index contributed by atoms with van der Waals surface area (Å²) >= 11 is 6.30. The fourth-order valence-electron chi connectivity index (χ4n) is 4.37. The second-order valence-electron chi connectivity index (χ2n) is 6.88. The molecule has 2 bridgehead atoms. The van der Waals surface area contributed by atoms with E-state index in [4.69, 9.17) is 11.6 Å². The molecular weight excluding hydrogens is 307 g/mol. The van der Waals surface area contributed by atoms with Crippen LogP contribution in [-0.4, -0.2) is 24.2 Å². The molecular formula is C15H14ClFN4O. The van der Waals surface area contributed by atoms with Gasteiger partial charge in [0.25, 0.3) is 0 Å². The van der Waals surface area contributed by atoms with Gasteiger partial charge in [-0.25, -0.2) is 13.9 Å². The molecule has 114 valence electrons. The molecule has 1 atom stereocenters. The van der Waals surface area contributed by atoms with Gasteiger partial charge in [0.2, 0.25) is 0 Å². The molecule has 7 heteroatoms. The van der Waals surface area contributed by atoms with Crippen LogP contribution in [0.5, 0.6) is 0 Å². The highest BCUT2D eigenvalue weighted by Gasteiger charge is 2.70. The molecule has 22 heavy (non-hydrogen) atoms. The molecule has 4 aliphatic rings. The Labute approximate surface area is 130 Å². The Morgan fingerprint density at radius 1 is 1.32 bits per heavy atom. The molecule has 3 heterocycles. The van der Waals surface area contributed by atoms with Crippen LogP contribution in [0, 0.1) is 5.82 Å². The van der Waals surface area contributed by atoms with Gasteiger partial charge in [0.05, 0.1) is 22.7 Å². The van der Waals surface area contributed by atoms with Crippen molar-refractivity contribution in [1.82, 2.24) is 19.3 Å². The summed E-state index contributed by atoms with van der Waals surface area (Å²) < 4.78 is 16.8. The van der Waals surface area contributed by atoms with Crippen LogP contribution in [0.15, 0.2) is 23.3 Å². The Balaban J connectivity index is 1.58. The molecule has 5 nitrogen and oxygen atoms in total. The fraction of sp³-hybridized carbons (Fsp3) is 0.533. The predicted octanol–water partition coefficient (Wildman–Crippen LogP) is 1.98. The van der Waals surface area contributed by atoms with E-state index < -0.39 is 0 Å². The van der Waals surface area contributed by atoms with Crippen molar-refractivity contribution in [3.8, 4) is 0 Å². The van der Waals surface area contributed by atoms with E-state index in [2.05, 4.69) is 10.1 Å². The van der Waals surface area contributed by atoms with Gasteiger partial charge < -0.3 is 0 Å². The summed E-state index contributed by atoms with van der Waals surface area (Å²) in [7, 11) is 0. The molecule has 0 saturated heterocycles. The van der Waals surface area contributed by atoms with Gasteiger partial charge in [0.15, 0.2) is 0 Å². The standard InChI is InChI=1S/C15H14ClFN4O/c16-14-6-15(7-14,8-14)21-13(22)20-11(1-2-12(20)19-21)9-3-10(17)5-18-4-9/h3-5,11H,1-2,6-8H2/t11-,14?,15?/m0/s1. The van der Waals surface area contributed by atoms with Gasteiger partial charge in [0, 0.05) is 12.6 Å². The highest BCUT2D eigenvalue weighted by Crippen LogP contribution is 2.68. The molecule has 0 aromatic carbocycles. The van der Waals surface area contributed by atoms with Crippen molar-refractivity contribution in [3.63, 3.8) is 0 Å². The first-order chi connectivity index (χ1) is 10.5. The summed E-state index contributed by atoms with van der Waals surface area (Å²) in [6.07, 6.45) is 6.76. The van der Waals surface area contributed by atoms with Crippen LogP contribution in [0.2, 0.25) is 0 Å². The number of fused-ring (bicyclic) bond motifs is 1. The van der Waals surface area contributed by atoms with Crippen LogP contribution in [0.4, 0.5) is 4.39 Å². The number of rotatable bonds is 2. The first kappa shape index (κ1) is 12.8. The van der Waals surface area contributed by atoms with E-state index in [1.54, 1.807) is 15.4 Å². The minimum absolute atomic E-state index is 0.0971. The fourth-order valence-corrected chi connectivity index (χ4v) is 5.12. The quantitative estimate of drug-likeness (QED) is 0.795. The minimum atomic E-state index is -0.380. The average Bonchev–Trinajstić information content (AvgIpc) is 2.95. The van der Waals surface area contributed by atoms with Crippen LogP contribution in [0.25, 0.3) is 0 Å². The zero-order chi connectivity index (χ0) is 15.1. The highest BCUT2D eigenvalue weighted by atomic mass is 35.5. The highest BCUT2D eigenvalue weighted by molar-refractivity contribution is 6.26. The van der Waals surface area contributed by atoms with Crippen LogP contribution < -0.4 is 5.69 Å². The van der Waals surface area contributed by atoms with Crippen molar-refractivity contribution in [2.45, 2.75) is 48.6 Å². The third-order valence-electron chi connectivity index (χ3n) is 5.33. The van der Waals surface area contributed by atoms with Gasteiger partial charge in [0.1, 0.15) is 11.6 Å². The lowest BCUT2D eigenvalue weighted by atomic mass is 9.49. The first-order valence-electron chi connectivity index (χ1n) is 7.50. The summed E-state index contributed by atoms with van der Waals surface area (Å²) in [6, 6.07) is 1.28. The third kappa shape index (κ3) is 1.46. The molecule has 0 unspecified atom stereocenters. The maximum Gasteiger partial charge on any atom is 0.347 e. The Morgan fingerprint density at radius 3 is 2.77 bits per heavy atom. The lowest BCUT2D eigenvalue weighted by Crippen LogP contribution is -2.71. The molecule has 0 radical (unpaired) electrons. The number of hydrogen-bond donors (Lipinski definition) is 0. The number of pyridine rings is 1. The maximum atomic E-state index is 13.4. The maximum absolute atomic E-state index is 13.4. The molecule has 6 rings (SSSR count). The molecule has 3 fully saturated rings. The Kier molecular flexibility index (Phi) is 2.21. The van der Waals surface area contributed by atoms with Gasteiger partial charge in [-0.3, -0.25) is 9.55 Å². The number of aromatic nitrogens is 4. The van der Waals surface area contributed by atoms with E-state index in [-0.39, 0.29) is 28.0 Å². The molecule has 0 spiro atoms. The average molecular weight is 321 g/mol. The molecule has 2 aromatic rings. The summed E-state index contributed by atoms with van der Waals surface area (Å²) in [5.74, 6) is 0.405. The largest absolute Gasteiger partial charge is 0.347 e. The number of hydrogen-bond acceptors (Lipinski definition) is 3. The third-order valence-corrected chi connectivity index (χ3v) is 5.73. The first-order valence-corrected chi connectivity index (χ1v) is 7.88. The van der Waals surface area contributed by atoms with Gasteiger partial charge in [-0.15, -0.1) is 11.6 Å². The summed E-state index contributed by atoms with van der Waals surface area (Å²) in [6.45, 7) is 0. The summed E-state index contributed by atoms with van der Waals surface area (Å²) in [4.78, 5) is 16.6.